The van der Waals surface area contributed by atoms with Crippen LogP contribution in [0.25, 0.3) is 0 Å². The molecule has 2 nitrogen and oxygen atoms in total. The predicted molar refractivity (Wildman–Crippen MR) is 78.0 cm³/mol. The monoisotopic (exact) mass is 331 g/mol. The van der Waals surface area contributed by atoms with Crippen molar-refractivity contribution in [3.05, 3.63) is 69.4 Å². The van der Waals surface area contributed by atoms with Gasteiger partial charge in [0.1, 0.15) is 11.7 Å². The van der Waals surface area contributed by atoms with E-state index in [0.717, 1.165) is 10.0 Å². The van der Waals surface area contributed by atoms with Gasteiger partial charge < -0.3 is 0 Å². The predicted octanol–water partition coefficient (Wildman–Crippen LogP) is 4.39. The number of carbonyl (C=O) groups excluding carboxylic acids is 1. The van der Waals surface area contributed by atoms with Crippen molar-refractivity contribution in [1.82, 2.24) is 0 Å². The molecule has 0 aliphatic carbocycles. The zero-order valence-corrected chi connectivity index (χ0v) is 12.3. The Labute approximate surface area is 125 Å². The summed E-state index contributed by atoms with van der Waals surface area (Å²) in [5.41, 5.74) is 1.29. The van der Waals surface area contributed by atoms with E-state index in [9.17, 15) is 14.4 Å². The molecule has 0 aromatic heterocycles. The first kappa shape index (κ1) is 14.4. The van der Waals surface area contributed by atoms with Gasteiger partial charge in [0, 0.05) is 15.6 Å². The summed E-state index contributed by atoms with van der Waals surface area (Å²) in [6.07, 6.45) is 0. The molecule has 0 aliphatic heterocycles. The molecule has 0 aliphatic rings. The van der Waals surface area contributed by atoms with Gasteiger partial charge in [-0.05, 0) is 30.7 Å². The van der Waals surface area contributed by atoms with E-state index in [0.29, 0.717) is 5.56 Å². The molecule has 0 fully saturated rings. The topological polar surface area (TPSA) is 40.9 Å². The van der Waals surface area contributed by atoms with Crippen LogP contribution in [0.5, 0.6) is 0 Å². The van der Waals surface area contributed by atoms with Crippen LogP contribution < -0.4 is 0 Å². The Bertz CT molecular complexity index is 706. The van der Waals surface area contributed by atoms with E-state index in [-0.39, 0.29) is 5.56 Å². The van der Waals surface area contributed by atoms with E-state index < -0.39 is 17.5 Å². The van der Waals surface area contributed by atoms with Crippen molar-refractivity contribution < 1.29 is 9.18 Å². The van der Waals surface area contributed by atoms with Gasteiger partial charge in [-0.15, -0.1) is 0 Å². The van der Waals surface area contributed by atoms with Gasteiger partial charge in [-0.2, -0.15) is 5.26 Å². The molecule has 4 heteroatoms. The highest BCUT2D eigenvalue weighted by atomic mass is 79.9. The highest BCUT2D eigenvalue weighted by molar-refractivity contribution is 9.10. The summed E-state index contributed by atoms with van der Waals surface area (Å²) < 4.78 is 14.5. The van der Waals surface area contributed by atoms with Crippen LogP contribution in [0, 0.1) is 24.1 Å². The van der Waals surface area contributed by atoms with Gasteiger partial charge in [-0.3, -0.25) is 4.79 Å². The first-order chi connectivity index (χ1) is 9.54. The fourth-order valence-corrected chi connectivity index (χ4v) is 2.35. The molecule has 1 atom stereocenters. The molecular weight excluding hydrogens is 321 g/mol. The number of benzene rings is 2. The van der Waals surface area contributed by atoms with E-state index in [4.69, 9.17) is 0 Å². The summed E-state index contributed by atoms with van der Waals surface area (Å²) >= 11 is 3.30. The third kappa shape index (κ3) is 2.78. The average molecular weight is 332 g/mol. The maximum Gasteiger partial charge on any atom is 0.184 e. The minimum atomic E-state index is -1.14. The van der Waals surface area contributed by atoms with Gasteiger partial charge in [-0.25, -0.2) is 4.39 Å². The van der Waals surface area contributed by atoms with Gasteiger partial charge >= 0.3 is 0 Å². The third-order valence-corrected chi connectivity index (χ3v) is 3.57. The highest BCUT2D eigenvalue weighted by Crippen LogP contribution is 2.26. The van der Waals surface area contributed by atoms with Crippen molar-refractivity contribution in [3.63, 3.8) is 0 Å². The molecule has 0 spiro atoms. The number of hydrogen-bond acceptors (Lipinski definition) is 2. The molecule has 0 radical (unpaired) electrons. The molecule has 2 aromatic rings. The molecule has 0 N–H and O–H groups in total. The second kappa shape index (κ2) is 5.98. The zero-order chi connectivity index (χ0) is 14.7. The summed E-state index contributed by atoms with van der Waals surface area (Å²) in [6.45, 7) is 1.79. The number of halogens is 2. The lowest BCUT2D eigenvalue weighted by molar-refractivity contribution is 0.0977. The summed E-state index contributed by atoms with van der Waals surface area (Å²) in [6, 6.07) is 13.0. The van der Waals surface area contributed by atoms with Gasteiger partial charge in [0.05, 0.1) is 6.07 Å². The van der Waals surface area contributed by atoms with Crippen molar-refractivity contribution in [2.75, 3.05) is 0 Å². The lowest BCUT2D eigenvalue weighted by atomic mass is 9.90. The van der Waals surface area contributed by atoms with E-state index in [1.54, 1.807) is 25.1 Å². The fraction of sp³-hybridized carbons (Fsp3) is 0.125. The maximum atomic E-state index is 13.8. The molecule has 0 bridgehead atoms. The lowest BCUT2D eigenvalue weighted by Crippen LogP contribution is -2.14. The summed E-state index contributed by atoms with van der Waals surface area (Å²) in [5, 5.41) is 9.25. The molecule has 1 unspecified atom stereocenters. The van der Waals surface area contributed by atoms with Gasteiger partial charge in [0.25, 0.3) is 0 Å². The Morgan fingerprint density at radius 3 is 2.65 bits per heavy atom. The van der Waals surface area contributed by atoms with E-state index in [1.165, 1.54) is 18.2 Å². The maximum absolute atomic E-state index is 13.8. The number of carbonyl (C=O) groups is 1. The molecule has 0 saturated heterocycles. The van der Waals surface area contributed by atoms with Crippen LogP contribution in [0.2, 0.25) is 0 Å². The van der Waals surface area contributed by atoms with Crippen molar-refractivity contribution in [3.8, 4) is 6.07 Å². The first-order valence-electron chi connectivity index (χ1n) is 5.99. The summed E-state index contributed by atoms with van der Waals surface area (Å²) in [4.78, 5) is 12.5. The van der Waals surface area contributed by atoms with E-state index in [2.05, 4.69) is 15.9 Å². The second-order valence-corrected chi connectivity index (χ2v) is 5.32. The number of hydrogen-bond donors (Lipinski definition) is 0. The molecule has 0 heterocycles. The van der Waals surface area contributed by atoms with Gasteiger partial charge in [0.2, 0.25) is 0 Å². The van der Waals surface area contributed by atoms with Crippen molar-refractivity contribution in [2.24, 2.45) is 0 Å². The number of aryl methyl sites for hydroxylation is 1. The molecule has 20 heavy (non-hydrogen) atoms. The normalized spacial score (nSPS) is 11.7. The van der Waals surface area contributed by atoms with Crippen LogP contribution in [0.3, 0.4) is 0 Å². The number of rotatable bonds is 3. The Kier molecular flexibility index (Phi) is 4.31. The van der Waals surface area contributed by atoms with Crippen LogP contribution in [-0.2, 0) is 0 Å². The largest absolute Gasteiger partial charge is 0.292 e. The highest BCUT2D eigenvalue weighted by Gasteiger charge is 2.25. The molecule has 2 rings (SSSR count). The SMILES string of the molecule is Cc1ccc(Br)cc1C(=O)C(C#N)c1ccccc1F. The average Bonchev–Trinajstić information content (AvgIpc) is 2.44. The number of nitrogens with zero attached hydrogens (tertiary/aromatic N) is 1. The Morgan fingerprint density at radius 1 is 1.30 bits per heavy atom. The second-order valence-electron chi connectivity index (χ2n) is 4.41. The number of Topliss-reactive ketones (excluding diaryl/α,β-unsaturated/α-hetero) is 1. The smallest absolute Gasteiger partial charge is 0.184 e. The molecule has 2 aromatic carbocycles. The molecule has 0 amide bonds. The minimum absolute atomic E-state index is 0.111. The summed E-state index contributed by atoms with van der Waals surface area (Å²) in [7, 11) is 0. The fourth-order valence-electron chi connectivity index (χ4n) is 1.99. The summed E-state index contributed by atoms with van der Waals surface area (Å²) in [5.74, 6) is -2.07. The number of nitriles is 1. The molecule has 100 valence electrons. The zero-order valence-electron chi connectivity index (χ0n) is 10.7. The van der Waals surface area contributed by atoms with Crippen molar-refractivity contribution in [2.45, 2.75) is 12.8 Å². The third-order valence-electron chi connectivity index (χ3n) is 3.07. The molecular formula is C16H11BrFNO. The molecule has 0 saturated carbocycles. The minimum Gasteiger partial charge on any atom is -0.292 e. The Balaban J connectivity index is 2.48. The Hall–Kier alpha value is -1.99. The van der Waals surface area contributed by atoms with Crippen molar-refractivity contribution in [1.29, 1.82) is 5.26 Å². The van der Waals surface area contributed by atoms with Crippen LogP contribution in [-0.4, -0.2) is 5.78 Å². The van der Waals surface area contributed by atoms with Gasteiger partial charge in [-0.1, -0.05) is 40.2 Å². The first-order valence-corrected chi connectivity index (χ1v) is 6.78. The quantitative estimate of drug-likeness (QED) is 0.783. The van der Waals surface area contributed by atoms with E-state index >= 15 is 0 Å². The van der Waals surface area contributed by atoms with E-state index in [1.807, 2.05) is 12.1 Å². The number of ketones is 1. The van der Waals surface area contributed by atoms with Gasteiger partial charge in [0.15, 0.2) is 5.78 Å². The lowest BCUT2D eigenvalue weighted by Gasteiger charge is -2.11. The van der Waals surface area contributed by atoms with Crippen molar-refractivity contribution >= 4 is 21.7 Å². The Morgan fingerprint density at radius 2 is 2.00 bits per heavy atom. The van der Waals surface area contributed by atoms with Crippen LogP contribution in [0.4, 0.5) is 4.39 Å². The van der Waals surface area contributed by atoms with Crippen LogP contribution >= 0.6 is 15.9 Å². The van der Waals surface area contributed by atoms with Crippen LogP contribution in [0.15, 0.2) is 46.9 Å². The standard InChI is InChI=1S/C16H11BrFNO/c1-10-6-7-11(17)8-13(10)16(20)14(9-19)12-4-2-3-5-15(12)18/h2-8,14H,1H3. The van der Waals surface area contributed by atoms with Crippen LogP contribution in [0.1, 0.15) is 27.4 Å².